The predicted molar refractivity (Wildman–Crippen MR) is 70.8 cm³/mol. The van der Waals surface area contributed by atoms with Gasteiger partial charge >= 0.3 is 0 Å². The van der Waals surface area contributed by atoms with Crippen molar-refractivity contribution < 1.29 is 4.79 Å². The molecule has 0 aliphatic heterocycles. The van der Waals surface area contributed by atoms with Crippen molar-refractivity contribution in [2.24, 2.45) is 5.73 Å². The summed E-state index contributed by atoms with van der Waals surface area (Å²) >= 11 is 2.77. The van der Waals surface area contributed by atoms with Crippen molar-refractivity contribution in [3.05, 3.63) is 16.1 Å². The monoisotopic (exact) mass is 268 g/mol. The van der Waals surface area contributed by atoms with Crippen LogP contribution in [0.5, 0.6) is 0 Å². The molecular formula is C10H12N4OS2. The lowest BCUT2D eigenvalue weighted by Crippen LogP contribution is -2.10. The van der Waals surface area contributed by atoms with E-state index in [1.54, 1.807) is 5.51 Å². The zero-order valence-electron chi connectivity index (χ0n) is 9.72. The van der Waals surface area contributed by atoms with Crippen LogP contribution >= 0.6 is 22.7 Å². The number of nitrogens with zero attached hydrogens (tertiary/aromatic N) is 3. The van der Waals surface area contributed by atoms with Crippen LogP contribution in [-0.2, 0) is 0 Å². The smallest absolute Gasteiger partial charge is 0.261 e. The van der Waals surface area contributed by atoms with Crippen molar-refractivity contribution in [3.63, 3.8) is 0 Å². The summed E-state index contributed by atoms with van der Waals surface area (Å²) in [6.45, 7) is 1.89. The SMILES string of the molecule is Cc1ncsc1-c1nc(N(C)C)sc1C(N)=O. The Bertz CT molecular complexity index is 558. The summed E-state index contributed by atoms with van der Waals surface area (Å²) < 4.78 is 0. The average Bonchev–Trinajstić information content (AvgIpc) is 2.82. The highest BCUT2D eigenvalue weighted by Crippen LogP contribution is 2.35. The van der Waals surface area contributed by atoms with Crippen molar-refractivity contribution in [3.8, 4) is 10.6 Å². The van der Waals surface area contributed by atoms with E-state index in [1.165, 1.54) is 22.7 Å². The third-order valence-corrected chi connectivity index (χ3v) is 4.36. The van der Waals surface area contributed by atoms with Gasteiger partial charge in [0.15, 0.2) is 5.13 Å². The van der Waals surface area contributed by atoms with Crippen molar-refractivity contribution in [2.75, 3.05) is 19.0 Å². The lowest BCUT2D eigenvalue weighted by Gasteiger charge is -2.05. The molecular weight excluding hydrogens is 256 g/mol. The van der Waals surface area contributed by atoms with Gasteiger partial charge in [0.1, 0.15) is 10.6 Å². The summed E-state index contributed by atoms with van der Waals surface area (Å²) in [5.41, 5.74) is 8.63. The molecule has 5 nitrogen and oxygen atoms in total. The van der Waals surface area contributed by atoms with Crippen LogP contribution < -0.4 is 10.6 Å². The maximum absolute atomic E-state index is 11.4. The summed E-state index contributed by atoms with van der Waals surface area (Å²) in [4.78, 5) is 23.3. The maximum Gasteiger partial charge on any atom is 0.261 e. The summed E-state index contributed by atoms with van der Waals surface area (Å²) in [7, 11) is 3.76. The van der Waals surface area contributed by atoms with E-state index in [4.69, 9.17) is 5.73 Å². The van der Waals surface area contributed by atoms with Gasteiger partial charge in [0.05, 0.1) is 16.1 Å². The fourth-order valence-corrected chi connectivity index (χ4v) is 3.06. The van der Waals surface area contributed by atoms with Crippen molar-refractivity contribution >= 4 is 33.7 Å². The summed E-state index contributed by atoms with van der Waals surface area (Å²) in [5.74, 6) is -0.446. The van der Waals surface area contributed by atoms with E-state index in [1.807, 2.05) is 25.9 Å². The molecule has 0 unspecified atom stereocenters. The molecule has 0 radical (unpaired) electrons. The highest BCUT2D eigenvalue weighted by molar-refractivity contribution is 7.19. The van der Waals surface area contributed by atoms with Gasteiger partial charge in [-0.3, -0.25) is 4.79 Å². The fourth-order valence-electron chi connectivity index (χ4n) is 1.35. The van der Waals surface area contributed by atoms with E-state index in [2.05, 4.69) is 9.97 Å². The summed E-state index contributed by atoms with van der Waals surface area (Å²) in [6.07, 6.45) is 0. The van der Waals surface area contributed by atoms with Gasteiger partial charge in [0.2, 0.25) is 0 Å². The molecule has 0 aliphatic carbocycles. The number of amides is 1. The zero-order chi connectivity index (χ0) is 12.6. The zero-order valence-corrected chi connectivity index (χ0v) is 11.4. The van der Waals surface area contributed by atoms with Gasteiger partial charge < -0.3 is 10.6 Å². The van der Waals surface area contributed by atoms with Crippen LogP contribution in [0.2, 0.25) is 0 Å². The number of carbonyl (C=O) groups excluding carboxylic acids is 1. The Hall–Kier alpha value is -1.47. The van der Waals surface area contributed by atoms with Crippen LogP contribution in [0.1, 0.15) is 15.4 Å². The molecule has 2 N–H and O–H groups in total. The first-order chi connectivity index (χ1) is 8.00. The molecule has 7 heteroatoms. The molecule has 2 aromatic heterocycles. The van der Waals surface area contributed by atoms with Gasteiger partial charge in [-0.15, -0.1) is 11.3 Å². The minimum absolute atomic E-state index is 0.446. The lowest BCUT2D eigenvalue weighted by atomic mass is 10.2. The second-order valence-electron chi connectivity index (χ2n) is 3.70. The Kier molecular flexibility index (Phi) is 3.12. The van der Waals surface area contributed by atoms with Gasteiger partial charge in [-0.25, -0.2) is 9.97 Å². The number of nitrogens with two attached hydrogens (primary N) is 1. The third-order valence-electron chi connectivity index (χ3n) is 2.18. The van der Waals surface area contributed by atoms with E-state index in [-0.39, 0.29) is 0 Å². The minimum Gasteiger partial charge on any atom is -0.365 e. The van der Waals surface area contributed by atoms with Gasteiger partial charge in [0, 0.05) is 14.1 Å². The number of carbonyl (C=O) groups is 1. The predicted octanol–water partition coefficient (Wildman–Crippen LogP) is 1.74. The number of hydrogen-bond acceptors (Lipinski definition) is 6. The van der Waals surface area contributed by atoms with E-state index < -0.39 is 5.91 Å². The minimum atomic E-state index is -0.446. The van der Waals surface area contributed by atoms with Crippen LogP contribution in [0.3, 0.4) is 0 Å². The average molecular weight is 268 g/mol. The molecule has 0 aromatic carbocycles. The third kappa shape index (κ3) is 2.16. The van der Waals surface area contributed by atoms with Crippen LogP contribution in [0, 0.1) is 6.92 Å². The van der Waals surface area contributed by atoms with Gasteiger partial charge in [-0.1, -0.05) is 11.3 Å². The number of anilines is 1. The second-order valence-corrected chi connectivity index (χ2v) is 5.53. The largest absolute Gasteiger partial charge is 0.365 e. The first-order valence-electron chi connectivity index (χ1n) is 4.89. The Morgan fingerprint density at radius 3 is 2.65 bits per heavy atom. The Morgan fingerprint density at radius 2 is 2.18 bits per heavy atom. The lowest BCUT2D eigenvalue weighted by molar-refractivity contribution is 0.100. The van der Waals surface area contributed by atoms with E-state index in [0.717, 1.165) is 15.7 Å². The fraction of sp³-hybridized carbons (Fsp3) is 0.300. The molecule has 1 amide bonds. The Labute approximate surface area is 107 Å². The van der Waals surface area contributed by atoms with Gasteiger partial charge in [0.25, 0.3) is 5.91 Å². The quantitative estimate of drug-likeness (QED) is 0.920. The topological polar surface area (TPSA) is 72.1 Å². The Morgan fingerprint density at radius 1 is 1.47 bits per heavy atom. The molecule has 0 fully saturated rings. The highest BCUT2D eigenvalue weighted by Gasteiger charge is 2.20. The number of rotatable bonds is 3. The molecule has 2 aromatic rings. The molecule has 2 rings (SSSR count). The molecule has 0 spiro atoms. The molecule has 2 heterocycles. The summed E-state index contributed by atoms with van der Waals surface area (Å²) in [5, 5.41) is 0.765. The molecule has 0 saturated heterocycles. The molecule has 0 saturated carbocycles. The van der Waals surface area contributed by atoms with Gasteiger partial charge in [-0.2, -0.15) is 0 Å². The van der Waals surface area contributed by atoms with Crippen LogP contribution in [-0.4, -0.2) is 30.0 Å². The molecule has 0 aliphatic rings. The second kappa shape index (κ2) is 4.42. The van der Waals surface area contributed by atoms with Crippen molar-refractivity contribution in [1.29, 1.82) is 0 Å². The van der Waals surface area contributed by atoms with Crippen LogP contribution in [0.4, 0.5) is 5.13 Å². The first-order valence-corrected chi connectivity index (χ1v) is 6.58. The molecule has 0 atom stereocenters. The van der Waals surface area contributed by atoms with E-state index in [0.29, 0.717) is 10.6 Å². The maximum atomic E-state index is 11.4. The van der Waals surface area contributed by atoms with E-state index >= 15 is 0 Å². The van der Waals surface area contributed by atoms with Crippen molar-refractivity contribution in [1.82, 2.24) is 9.97 Å². The van der Waals surface area contributed by atoms with Crippen LogP contribution in [0.15, 0.2) is 5.51 Å². The molecule has 17 heavy (non-hydrogen) atoms. The standard InChI is InChI=1S/C10H12N4OS2/c1-5-7(16-4-12-5)6-8(9(11)15)17-10(13-6)14(2)3/h4H,1-3H3,(H2,11,15). The normalized spacial score (nSPS) is 10.5. The number of thiazole rings is 2. The number of aryl methyl sites for hydroxylation is 1. The van der Waals surface area contributed by atoms with Crippen LogP contribution in [0.25, 0.3) is 10.6 Å². The Balaban J connectivity index is 2.60. The number of hydrogen-bond donors (Lipinski definition) is 1. The highest BCUT2D eigenvalue weighted by atomic mass is 32.1. The van der Waals surface area contributed by atoms with E-state index in [9.17, 15) is 4.79 Å². The molecule has 0 bridgehead atoms. The number of primary amides is 1. The number of aromatic nitrogens is 2. The summed E-state index contributed by atoms with van der Waals surface area (Å²) in [6, 6.07) is 0. The first kappa shape index (κ1) is 12.0. The van der Waals surface area contributed by atoms with Crippen molar-refractivity contribution in [2.45, 2.75) is 6.92 Å². The molecule has 90 valence electrons. The van der Waals surface area contributed by atoms with Gasteiger partial charge in [-0.05, 0) is 6.92 Å².